The van der Waals surface area contributed by atoms with Gasteiger partial charge < -0.3 is 20.1 Å². The second-order valence-electron chi connectivity index (χ2n) is 6.50. The molecule has 3 aromatic carbocycles. The number of hydrogen-bond acceptors (Lipinski definition) is 6. The van der Waals surface area contributed by atoms with Gasteiger partial charge >= 0.3 is 0 Å². The molecule has 1 aliphatic rings. The fourth-order valence-corrected chi connectivity index (χ4v) is 3.42. The van der Waals surface area contributed by atoms with Crippen LogP contribution in [0.4, 0.5) is 22.7 Å². The van der Waals surface area contributed by atoms with Crippen LogP contribution in [0.15, 0.2) is 60.7 Å². The summed E-state index contributed by atoms with van der Waals surface area (Å²) in [6, 6.07) is 17.9. The maximum Gasteiger partial charge on any atom is 0.271 e. The van der Waals surface area contributed by atoms with Crippen molar-refractivity contribution in [3.05, 3.63) is 86.9 Å². The molecule has 0 radical (unpaired) electrons. The number of nitrogens with zero attached hydrogens (tertiary/aromatic N) is 1. The van der Waals surface area contributed by atoms with Crippen molar-refractivity contribution in [3.8, 4) is 5.75 Å². The molecule has 8 heteroatoms. The zero-order valence-corrected chi connectivity index (χ0v) is 16.1. The number of rotatable bonds is 6. The highest BCUT2D eigenvalue weighted by Gasteiger charge is 2.17. The van der Waals surface area contributed by atoms with E-state index < -0.39 is 4.92 Å². The molecule has 29 heavy (non-hydrogen) atoms. The molecule has 0 fully saturated rings. The van der Waals surface area contributed by atoms with Gasteiger partial charge in [0.05, 0.1) is 22.9 Å². The lowest BCUT2D eigenvalue weighted by Crippen LogP contribution is -2.14. The largest absolute Gasteiger partial charge is 0.467 e. The first-order chi connectivity index (χ1) is 14.1. The lowest BCUT2D eigenvalue weighted by Gasteiger charge is -2.22. The van der Waals surface area contributed by atoms with Gasteiger partial charge in [-0.15, -0.1) is 0 Å². The molecule has 4 rings (SSSR count). The SMILES string of the molecule is O=[N+]([O-])c1ccc(Nc2ccccc2)c(NCc2cc(Cl)cc3c2OCOC3)c1. The molecule has 0 aromatic heterocycles. The smallest absolute Gasteiger partial charge is 0.271 e. The summed E-state index contributed by atoms with van der Waals surface area (Å²) in [5.74, 6) is 0.733. The normalized spacial score (nSPS) is 12.6. The first-order valence-electron chi connectivity index (χ1n) is 8.96. The van der Waals surface area contributed by atoms with Crippen molar-refractivity contribution < 1.29 is 14.4 Å². The molecule has 1 heterocycles. The summed E-state index contributed by atoms with van der Waals surface area (Å²) in [4.78, 5) is 10.8. The first-order valence-corrected chi connectivity index (χ1v) is 9.34. The van der Waals surface area contributed by atoms with Gasteiger partial charge in [0.2, 0.25) is 0 Å². The van der Waals surface area contributed by atoms with Crippen LogP contribution in [0.2, 0.25) is 5.02 Å². The summed E-state index contributed by atoms with van der Waals surface area (Å²) in [5, 5.41) is 18.4. The van der Waals surface area contributed by atoms with Gasteiger partial charge in [0, 0.05) is 40.5 Å². The van der Waals surface area contributed by atoms with Gasteiger partial charge in [0.1, 0.15) is 5.75 Å². The van der Waals surface area contributed by atoms with Crippen molar-refractivity contribution in [1.82, 2.24) is 0 Å². The zero-order valence-electron chi connectivity index (χ0n) is 15.4. The van der Waals surface area contributed by atoms with E-state index >= 15 is 0 Å². The minimum Gasteiger partial charge on any atom is -0.467 e. The van der Waals surface area contributed by atoms with Crippen LogP contribution < -0.4 is 15.4 Å². The number of nitrogens with one attached hydrogen (secondary N) is 2. The predicted octanol–water partition coefficient (Wildman–Crippen LogP) is 5.47. The number of nitro groups is 1. The van der Waals surface area contributed by atoms with Crippen LogP contribution in [-0.4, -0.2) is 11.7 Å². The highest BCUT2D eigenvalue weighted by Crippen LogP contribution is 2.34. The fourth-order valence-electron chi connectivity index (χ4n) is 3.16. The number of anilines is 3. The first kappa shape index (κ1) is 19.0. The Morgan fingerprint density at radius 3 is 2.69 bits per heavy atom. The summed E-state index contributed by atoms with van der Waals surface area (Å²) in [7, 11) is 0. The van der Waals surface area contributed by atoms with Gasteiger partial charge in [-0.2, -0.15) is 0 Å². The molecule has 0 unspecified atom stereocenters. The summed E-state index contributed by atoms with van der Waals surface area (Å²) in [6.07, 6.45) is 0. The minimum absolute atomic E-state index is 0.00360. The Morgan fingerprint density at radius 2 is 1.90 bits per heavy atom. The van der Waals surface area contributed by atoms with E-state index in [1.54, 1.807) is 6.07 Å². The van der Waals surface area contributed by atoms with Crippen molar-refractivity contribution >= 4 is 34.4 Å². The van der Waals surface area contributed by atoms with E-state index in [0.29, 0.717) is 23.9 Å². The van der Waals surface area contributed by atoms with Crippen molar-refractivity contribution in [3.63, 3.8) is 0 Å². The monoisotopic (exact) mass is 411 g/mol. The Morgan fingerprint density at radius 1 is 1.07 bits per heavy atom. The number of para-hydroxylation sites is 1. The number of fused-ring (bicyclic) bond motifs is 1. The lowest BCUT2D eigenvalue weighted by molar-refractivity contribution is -0.384. The summed E-state index contributed by atoms with van der Waals surface area (Å²) in [5.41, 5.74) is 3.94. The number of halogens is 1. The Kier molecular flexibility index (Phi) is 5.50. The average molecular weight is 412 g/mol. The van der Waals surface area contributed by atoms with Gasteiger partial charge in [0.15, 0.2) is 6.79 Å². The second kappa shape index (κ2) is 8.38. The van der Waals surface area contributed by atoms with Crippen molar-refractivity contribution in [2.45, 2.75) is 13.2 Å². The van der Waals surface area contributed by atoms with Gasteiger partial charge in [-0.05, 0) is 30.3 Å². The molecule has 0 bridgehead atoms. The van der Waals surface area contributed by atoms with Gasteiger partial charge in [0.25, 0.3) is 5.69 Å². The molecule has 1 aliphatic heterocycles. The number of non-ortho nitro benzene ring substituents is 1. The number of benzene rings is 3. The highest BCUT2D eigenvalue weighted by molar-refractivity contribution is 6.30. The molecule has 0 spiro atoms. The van der Waals surface area contributed by atoms with Crippen LogP contribution in [0, 0.1) is 10.1 Å². The highest BCUT2D eigenvalue weighted by atomic mass is 35.5. The van der Waals surface area contributed by atoms with Crippen LogP contribution in [0.5, 0.6) is 5.75 Å². The maximum atomic E-state index is 11.2. The Hall–Kier alpha value is -3.29. The van der Waals surface area contributed by atoms with Gasteiger partial charge in [-0.3, -0.25) is 10.1 Å². The molecule has 2 N–H and O–H groups in total. The summed E-state index contributed by atoms with van der Waals surface area (Å²) < 4.78 is 11.0. The van der Waals surface area contributed by atoms with Gasteiger partial charge in [-0.1, -0.05) is 29.8 Å². The summed E-state index contributed by atoms with van der Waals surface area (Å²) >= 11 is 6.23. The van der Waals surface area contributed by atoms with Crippen LogP contribution >= 0.6 is 11.6 Å². The van der Waals surface area contributed by atoms with Crippen molar-refractivity contribution in [2.75, 3.05) is 17.4 Å². The molecule has 0 saturated carbocycles. The quantitative estimate of drug-likeness (QED) is 0.413. The molecule has 7 nitrogen and oxygen atoms in total. The van der Waals surface area contributed by atoms with E-state index in [1.165, 1.54) is 12.1 Å². The standard InChI is InChI=1S/C21H18ClN3O4/c22-16-8-14(21-15(9-16)12-28-13-29-21)11-23-20-10-18(25(26)27)6-7-19(20)24-17-4-2-1-3-5-17/h1-10,23-24H,11-13H2. The fraction of sp³-hybridized carbons (Fsp3) is 0.143. The molecule has 0 saturated heterocycles. The predicted molar refractivity (Wildman–Crippen MR) is 112 cm³/mol. The molecule has 3 aromatic rings. The molecule has 0 atom stereocenters. The van der Waals surface area contributed by atoms with Crippen LogP contribution in [0.1, 0.15) is 11.1 Å². The number of nitro benzene ring substituents is 1. The molecule has 0 aliphatic carbocycles. The Labute approximate surface area is 172 Å². The van der Waals surface area contributed by atoms with E-state index in [-0.39, 0.29) is 12.5 Å². The maximum absolute atomic E-state index is 11.2. The Bertz CT molecular complexity index is 1040. The number of hydrogen-bond donors (Lipinski definition) is 2. The second-order valence-corrected chi connectivity index (χ2v) is 6.93. The zero-order chi connectivity index (χ0) is 20.2. The van der Waals surface area contributed by atoms with E-state index in [2.05, 4.69) is 10.6 Å². The van der Waals surface area contributed by atoms with E-state index in [0.717, 1.165) is 28.3 Å². The summed E-state index contributed by atoms with van der Waals surface area (Å²) in [6.45, 7) is 0.993. The molecule has 0 amide bonds. The lowest BCUT2D eigenvalue weighted by atomic mass is 10.1. The third kappa shape index (κ3) is 4.42. The van der Waals surface area contributed by atoms with Crippen LogP contribution in [-0.2, 0) is 17.9 Å². The Balaban J connectivity index is 1.63. The molecular formula is C21H18ClN3O4. The van der Waals surface area contributed by atoms with Crippen LogP contribution in [0.3, 0.4) is 0 Å². The third-order valence-electron chi connectivity index (χ3n) is 4.49. The van der Waals surface area contributed by atoms with E-state index in [1.807, 2.05) is 42.5 Å². The van der Waals surface area contributed by atoms with Crippen LogP contribution in [0.25, 0.3) is 0 Å². The molecular weight excluding hydrogens is 394 g/mol. The average Bonchev–Trinajstić information content (AvgIpc) is 2.73. The third-order valence-corrected chi connectivity index (χ3v) is 4.71. The van der Waals surface area contributed by atoms with Crippen molar-refractivity contribution in [1.29, 1.82) is 0 Å². The minimum atomic E-state index is -0.417. The van der Waals surface area contributed by atoms with Crippen molar-refractivity contribution in [2.24, 2.45) is 0 Å². The van der Waals surface area contributed by atoms with E-state index in [9.17, 15) is 10.1 Å². The molecule has 148 valence electrons. The van der Waals surface area contributed by atoms with Gasteiger partial charge in [-0.25, -0.2) is 0 Å². The van der Waals surface area contributed by atoms with E-state index in [4.69, 9.17) is 21.1 Å². The number of ether oxygens (including phenoxy) is 2. The topological polar surface area (TPSA) is 85.7 Å².